The third-order valence-electron chi connectivity index (χ3n) is 8.88. The van der Waals surface area contributed by atoms with E-state index in [2.05, 4.69) is 56.4 Å². The Morgan fingerprint density at radius 1 is 0.564 bits per heavy atom. The highest BCUT2D eigenvalue weighted by Crippen LogP contribution is 2.47. The van der Waals surface area contributed by atoms with Crippen molar-refractivity contribution in [3.8, 4) is 0 Å². The number of hydrogen-bond donors (Lipinski definition) is 6. The number of hydrogen-bond acceptors (Lipinski definition) is 12. The summed E-state index contributed by atoms with van der Waals surface area (Å²) in [5.74, 6) is -1.21. The molecule has 6 N–H and O–H groups in total. The van der Waals surface area contributed by atoms with Gasteiger partial charge in [0, 0.05) is 12.8 Å². The molecule has 0 aliphatic heterocycles. The molecule has 0 spiro atoms. The number of unbranched alkanes of at least 4 members (excludes halogenated alkanes) is 9. The van der Waals surface area contributed by atoms with Gasteiger partial charge in [-0.15, -0.1) is 0 Å². The molecule has 6 unspecified atom stereocenters. The van der Waals surface area contributed by atoms with Gasteiger partial charge in [-0.1, -0.05) is 126 Å². The molecule has 55 heavy (non-hydrogen) atoms. The number of allylic oxidation sites excluding steroid dienone is 10. The fraction of sp³-hybridized carbons (Fsp3) is 0.707. The predicted molar refractivity (Wildman–Crippen MR) is 212 cm³/mol. The number of esters is 2. The molecular weight excluding hydrogens is 731 g/mol. The van der Waals surface area contributed by atoms with Gasteiger partial charge in [0.25, 0.3) is 0 Å². The molecule has 0 aromatic rings. The van der Waals surface area contributed by atoms with Crippen LogP contribution in [0.15, 0.2) is 60.8 Å². The lowest BCUT2D eigenvalue weighted by Crippen LogP contribution is -2.64. The highest BCUT2D eigenvalue weighted by Gasteiger charge is 2.51. The van der Waals surface area contributed by atoms with Gasteiger partial charge in [-0.3, -0.25) is 18.6 Å². The van der Waals surface area contributed by atoms with E-state index in [-0.39, 0.29) is 12.8 Å². The quantitative estimate of drug-likeness (QED) is 0.0189. The number of carbonyl (C=O) groups excluding carboxylic acids is 2. The van der Waals surface area contributed by atoms with Crippen molar-refractivity contribution in [3.63, 3.8) is 0 Å². The lowest BCUT2D eigenvalue weighted by molar-refractivity contribution is -0.220. The Morgan fingerprint density at radius 3 is 1.56 bits per heavy atom. The largest absolute Gasteiger partial charge is 0.472 e. The average molecular weight is 801 g/mol. The zero-order valence-corrected chi connectivity index (χ0v) is 33.8. The van der Waals surface area contributed by atoms with Crippen molar-refractivity contribution < 1.29 is 63.1 Å². The smallest absolute Gasteiger partial charge is 0.462 e. The first-order chi connectivity index (χ1) is 26.4. The zero-order valence-electron chi connectivity index (χ0n) is 32.9. The summed E-state index contributed by atoms with van der Waals surface area (Å²) in [5, 5.41) is 49.9. The minimum atomic E-state index is -5.13. The van der Waals surface area contributed by atoms with Gasteiger partial charge in [-0.25, -0.2) is 4.57 Å². The fourth-order valence-electron chi connectivity index (χ4n) is 5.56. The van der Waals surface area contributed by atoms with E-state index in [1.807, 2.05) is 18.2 Å². The Hall–Kier alpha value is -2.45. The molecule has 14 heteroatoms. The highest BCUT2D eigenvalue weighted by molar-refractivity contribution is 7.47. The number of aliphatic hydroxyl groups is 5. The molecule has 0 saturated heterocycles. The van der Waals surface area contributed by atoms with Crippen LogP contribution >= 0.6 is 7.82 Å². The Balaban J connectivity index is 2.55. The van der Waals surface area contributed by atoms with Crippen molar-refractivity contribution in [1.82, 2.24) is 0 Å². The summed E-state index contributed by atoms with van der Waals surface area (Å²) in [7, 11) is -5.13. The van der Waals surface area contributed by atoms with Gasteiger partial charge >= 0.3 is 19.8 Å². The standard InChI is InChI=1S/C41H69O13P/c1-3-5-7-9-11-12-13-14-15-16-17-18-19-20-21-22-24-26-28-30-35(43)53-33(31-51-34(42)29-27-25-23-10-8-6-4-2)32-52-55(49,50)54-41-39(47)37(45)36(44)38(46)40(41)48/h11-12,14-15,17-18,20-21,24,26,33,36-41,44-48H,3-10,13,16,19,22-23,25,27-32H2,1-2H3,(H,49,50)/b12-11+,15-14+,18-17+,21-20+,26-24+/t33-,36?,37-,38?,39?,40?,41?/m1/s1. The second-order valence-electron chi connectivity index (χ2n) is 13.8. The van der Waals surface area contributed by atoms with Gasteiger partial charge in [0.1, 0.15) is 43.2 Å². The second-order valence-corrected chi connectivity index (χ2v) is 15.2. The van der Waals surface area contributed by atoms with Crippen LogP contribution in [0.3, 0.4) is 0 Å². The van der Waals surface area contributed by atoms with Crippen LogP contribution in [0.1, 0.15) is 129 Å². The lowest BCUT2D eigenvalue weighted by Gasteiger charge is -2.41. The molecule has 0 amide bonds. The average Bonchev–Trinajstić information content (AvgIpc) is 3.16. The fourth-order valence-corrected chi connectivity index (χ4v) is 6.53. The summed E-state index contributed by atoms with van der Waals surface area (Å²) in [5.41, 5.74) is 0. The molecule has 8 atom stereocenters. The molecule has 1 saturated carbocycles. The summed E-state index contributed by atoms with van der Waals surface area (Å²) >= 11 is 0. The number of aliphatic hydroxyl groups excluding tert-OH is 5. The molecule has 0 aromatic carbocycles. The van der Waals surface area contributed by atoms with Crippen molar-refractivity contribution in [3.05, 3.63) is 60.8 Å². The second kappa shape index (κ2) is 31.6. The van der Waals surface area contributed by atoms with Crippen molar-refractivity contribution in [2.45, 2.75) is 172 Å². The van der Waals surface area contributed by atoms with Crippen LogP contribution < -0.4 is 0 Å². The lowest BCUT2D eigenvalue weighted by atomic mass is 9.85. The van der Waals surface area contributed by atoms with Crippen molar-refractivity contribution in [2.75, 3.05) is 13.2 Å². The van der Waals surface area contributed by atoms with Crippen molar-refractivity contribution in [2.24, 2.45) is 0 Å². The van der Waals surface area contributed by atoms with Gasteiger partial charge in [0.15, 0.2) is 6.10 Å². The van der Waals surface area contributed by atoms with Crippen LogP contribution in [-0.2, 0) is 32.7 Å². The van der Waals surface area contributed by atoms with E-state index in [1.165, 1.54) is 25.7 Å². The first-order valence-electron chi connectivity index (χ1n) is 20.1. The molecular formula is C41H69O13P. The number of carbonyl (C=O) groups is 2. The first kappa shape index (κ1) is 50.6. The van der Waals surface area contributed by atoms with E-state index in [9.17, 15) is 44.6 Å². The topological polar surface area (TPSA) is 210 Å². The van der Waals surface area contributed by atoms with Crippen LogP contribution in [0.5, 0.6) is 0 Å². The SMILES string of the molecule is CCCCC/C=C/C/C=C/C/C=C/C/C=C/C/C=C/CCC(=O)O[C@H](COC(=O)CCCCCCCCC)COP(=O)(O)OC1C(O)C(O)C(O)[C@@H](O)C1O. The Morgan fingerprint density at radius 2 is 1.02 bits per heavy atom. The number of rotatable bonds is 31. The molecule has 1 aliphatic rings. The van der Waals surface area contributed by atoms with E-state index >= 15 is 0 Å². The zero-order chi connectivity index (χ0) is 40.7. The van der Waals surface area contributed by atoms with Gasteiger partial charge in [0.2, 0.25) is 0 Å². The normalized spacial score (nSPS) is 23.7. The molecule has 0 heterocycles. The molecule has 13 nitrogen and oxygen atoms in total. The minimum Gasteiger partial charge on any atom is -0.462 e. The molecule has 0 bridgehead atoms. The molecule has 1 rings (SSSR count). The van der Waals surface area contributed by atoms with E-state index in [1.54, 1.807) is 0 Å². The number of ether oxygens (including phenoxy) is 2. The number of phosphoric acid groups is 1. The predicted octanol–water partition coefficient (Wildman–Crippen LogP) is 6.60. The molecule has 1 aliphatic carbocycles. The molecule has 316 valence electrons. The van der Waals surface area contributed by atoms with E-state index in [4.69, 9.17) is 18.5 Å². The summed E-state index contributed by atoms with van der Waals surface area (Å²) in [6.07, 6.45) is 23.4. The van der Waals surface area contributed by atoms with Crippen LogP contribution in [0.25, 0.3) is 0 Å². The first-order valence-corrected chi connectivity index (χ1v) is 21.6. The minimum absolute atomic E-state index is 0.0283. The third-order valence-corrected chi connectivity index (χ3v) is 9.86. The molecule has 0 radical (unpaired) electrons. The maximum atomic E-state index is 12.7. The van der Waals surface area contributed by atoms with Crippen LogP contribution in [0.4, 0.5) is 0 Å². The Kier molecular flexibility index (Phi) is 29.1. The monoisotopic (exact) mass is 800 g/mol. The Labute approximate surface area is 328 Å². The summed E-state index contributed by atoms with van der Waals surface area (Å²) in [6, 6.07) is 0. The van der Waals surface area contributed by atoms with Crippen molar-refractivity contribution in [1.29, 1.82) is 0 Å². The maximum Gasteiger partial charge on any atom is 0.472 e. The van der Waals surface area contributed by atoms with Gasteiger partial charge < -0.3 is 39.9 Å². The van der Waals surface area contributed by atoms with Gasteiger partial charge in [-0.05, 0) is 51.4 Å². The van der Waals surface area contributed by atoms with Crippen LogP contribution in [0.2, 0.25) is 0 Å². The highest BCUT2D eigenvalue weighted by atomic mass is 31.2. The van der Waals surface area contributed by atoms with E-state index < -0.39 is 75.7 Å². The Bertz CT molecular complexity index is 1200. The van der Waals surface area contributed by atoms with Gasteiger partial charge in [0.05, 0.1) is 6.61 Å². The summed E-state index contributed by atoms with van der Waals surface area (Å²) < 4.78 is 33.2. The summed E-state index contributed by atoms with van der Waals surface area (Å²) in [6.45, 7) is 3.11. The maximum absolute atomic E-state index is 12.7. The van der Waals surface area contributed by atoms with E-state index in [0.717, 1.165) is 57.8 Å². The number of phosphoric ester groups is 1. The summed E-state index contributed by atoms with van der Waals surface area (Å²) in [4.78, 5) is 35.3. The van der Waals surface area contributed by atoms with Crippen molar-refractivity contribution >= 4 is 19.8 Å². The van der Waals surface area contributed by atoms with Crippen LogP contribution in [-0.4, -0.2) is 98.3 Å². The molecule has 0 aromatic heterocycles. The third kappa shape index (κ3) is 24.7. The van der Waals surface area contributed by atoms with Gasteiger partial charge in [-0.2, -0.15) is 0 Å². The van der Waals surface area contributed by atoms with Crippen LogP contribution in [0, 0.1) is 0 Å². The molecule has 1 fully saturated rings. The van der Waals surface area contributed by atoms with E-state index in [0.29, 0.717) is 19.3 Å².